The van der Waals surface area contributed by atoms with Gasteiger partial charge in [-0.1, -0.05) is 37.6 Å². The van der Waals surface area contributed by atoms with Gasteiger partial charge in [-0.2, -0.15) is 0 Å². The van der Waals surface area contributed by atoms with Crippen LogP contribution in [0, 0.1) is 2.88 Å². The minimum atomic E-state index is -0.0227. The van der Waals surface area contributed by atoms with Gasteiger partial charge in [0.05, 0.1) is 8.26 Å². The van der Waals surface area contributed by atoms with Crippen LogP contribution in [0.4, 0.5) is 0 Å². The van der Waals surface area contributed by atoms with E-state index in [-0.39, 0.29) is 5.38 Å². The average molecular weight is 377 g/mol. The number of hydrogen-bond acceptors (Lipinski definition) is 1. The average Bonchev–Trinajstić information content (AvgIpc) is 2.76. The molecule has 0 nitrogen and oxygen atoms in total. The van der Waals surface area contributed by atoms with Crippen LogP contribution in [-0.2, 0) is 6.42 Å². The van der Waals surface area contributed by atoms with Gasteiger partial charge >= 0.3 is 0 Å². The first-order valence-electron chi connectivity index (χ1n) is 5.67. The summed E-state index contributed by atoms with van der Waals surface area (Å²) >= 11 is 10.5. The van der Waals surface area contributed by atoms with Crippen molar-refractivity contribution >= 4 is 45.5 Å². The van der Waals surface area contributed by atoms with Crippen LogP contribution in [0.2, 0.25) is 0 Å². The van der Waals surface area contributed by atoms with Crippen molar-refractivity contribution in [3.05, 3.63) is 55.3 Å². The van der Waals surface area contributed by atoms with Crippen molar-refractivity contribution in [2.24, 2.45) is 0 Å². The second-order valence-corrected chi connectivity index (χ2v) is 7.28. The minimum absolute atomic E-state index is 0.0227. The highest BCUT2D eigenvalue weighted by atomic mass is 127. The molecule has 1 atom stereocenters. The lowest BCUT2D eigenvalue weighted by Gasteiger charge is -2.08. The quantitative estimate of drug-likeness (QED) is 0.479. The molecule has 0 amide bonds. The van der Waals surface area contributed by atoms with Crippen LogP contribution in [0.3, 0.4) is 0 Å². The second kappa shape index (κ2) is 6.21. The fraction of sp³-hybridized carbons (Fsp3) is 0.286. The number of aryl methyl sites for hydroxylation is 1. The van der Waals surface area contributed by atoms with Crippen LogP contribution in [-0.4, -0.2) is 0 Å². The molecule has 17 heavy (non-hydrogen) atoms. The highest BCUT2D eigenvalue weighted by Gasteiger charge is 2.12. The van der Waals surface area contributed by atoms with Crippen LogP contribution >= 0.6 is 45.5 Å². The van der Waals surface area contributed by atoms with E-state index in [0.29, 0.717) is 0 Å². The van der Waals surface area contributed by atoms with Crippen LogP contribution in [0.1, 0.15) is 35.4 Å². The number of halogens is 2. The first kappa shape index (κ1) is 13.4. The molecule has 2 rings (SSSR count). The summed E-state index contributed by atoms with van der Waals surface area (Å²) in [6.07, 6.45) is 2.33. The summed E-state index contributed by atoms with van der Waals surface area (Å²) in [5.41, 5.74) is 3.77. The molecule has 1 aromatic heterocycles. The zero-order valence-corrected chi connectivity index (χ0v) is 13.3. The molecule has 90 valence electrons. The lowest BCUT2D eigenvalue weighted by Crippen LogP contribution is -1.92. The Kier molecular flexibility index (Phi) is 4.88. The maximum absolute atomic E-state index is 6.48. The van der Waals surface area contributed by atoms with E-state index in [4.69, 9.17) is 11.6 Å². The molecule has 2 aromatic rings. The monoisotopic (exact) mass is 376 g/mol. The van der Waals surface area contributed by atoms with Gasteiger partial charge in [0.1, 0.15) is 0 Å². The first-order chi connectivity index (χ1) is 8.20. The van der Waals surface area contributed by atoms with Gasteiger partial charge in [0.15, 0.2) is 0 Å². The molecule has 3 heteroatoms. The van der Waals surface area contributed by atoms with E-state index < -0.39 is 0 Å². The standard InChI is InChI=1S/C14H14ClIS/c1-2-3-10-4-6-11(7-5-10)14(15)12-8-13(16)17-9-12/h4-9,14H,2-3H2,1H3. The summed E-state index contributed by atoms with van der Waals surface area (Å²) in [6.45, 7) is 2.20. The molecule has 0 N–H and O–H groups in total. The van der Waals surface area contributed by atoms with Gasteiger partial charge in [-0.05, 0) is 57.1 Å². The van der Waals surface area contributed by atoms with Crippen molar-refractivity contribution in [3.63, 3.8) is 0 Å². The van der Waals surface area contributed by atoms with Gasteiger partial charge in [-0.15, -0.1) is 22.9 Å². The normalized spacial score (nSPS) is 12.6. The topological polar surface area (TPSA) is 0 Å². The molecule has 0 aliphatic carbocycles. The number of rotatable bonds is 4. The highest BCUT2D eigenvalue weighted by Crippen LogP contribution is 2.32. The molecule has 0 saturated carbocycles. The van der Waals surface area contributed by atoms with Crippen molar-refractivity contribution in [1.29, 1.82) is 0 Å². The van der Waals surface area contributed by atoms with E-state index in [1.54, 1.807) is 11.3 Å². The summed E-state index contributed by atoms with van der Waals surface area (Å²) in [5, 5.41) is 2.12. The Hall–Kier alpha value is -0.0600. The molecule has 0 bridgehead atoms. The predicted molar refractivity (Wildman–Crippen MR) is 85.2 cm³/mol. The summed E-state index contributed by atoms with van der Waals surface area (Å²) in [6, 6.07) is 10.8. The SMILES string of the molecule is CCCc1ccc(C(Cl)c2csc(I)c2)cc1. The van der Waals surface area contributed by atoms with Gasteiger partial charge in [0, 0.05) is 0 Å². The summed E-state index contributed by atoms with van der Waals surface area (Å²) in [7, 11) is 0. The predicted octanol–water partition coefficient (Wildman–Crippen LogP) is 5.63. The van der Waals surface area contributed by atoms with E-state index in [1.807, 2.05) is 0 Å². The molecule has 1 heterocycles. The Morgan fingerprint density at radius 3 is 2.47 bits per heavy atom. The molecular weight excluding hydrogens is 363 g/mol. The van der Waals surface area contributed by atoms with Gasteiger partial charge < -0.3 is 0 Å². The lowest BCUT2D eigenvalue weighted by molar-refractivity contribution is 0.920. The summed E-state index contributed by atoms with van der Waals surface area (Å²) < 4.78 is 1.28. The van der Waals surface area contributed by atoms with Gasteiger partial charge in [0.2, 0.25) is 0 Å². The zero-order valence-electron chi connectivity index (χ0n) is 9.62. The Balaban J connectivity index is 2.16. The Labute approximate surface area is 125 Å². The van der Waals surface area contributed by atoms with E-state index in [9.17, 15) is 0 Å². The van der Waals surface area contributed by atoms with Crippen LogP contribution < -0.4 is 0 Å². The van der Waals surface area contributed by atoms with Crippen molar-refractivity contribution < 1.29 is 0 Å². The maximum atomic E-state index is 6.48. The molecule has 0 aliphatic rings. The van der Waals surface area contributed by atoms with Crippen molar-refractivity contribution in [3.8, 4) is 0 Å². The van der Waals surface area contributed by atoms with E-state index in [1.165, 1.54) is 26.0 Å². The minimum Gasteiger partial charge on any atom is -0.137 e. The Morgan fingerprint density at radius 1 is 1.24 bits per heavy atom. The fourth-order valence-corrected chi connectivity index (χ4v) is 3.53. The maximum Gasteiger partial charge on any atom is 0.0843 e. The highest BCUT2D eigenvalue weighted by molar-refractivity contribution is 14.1. The third kappa shape index (κ3) is 3.46. The first-order valence-corrected chi connectivity index (χ1v) is 8.07. The lowest BCUT2D eigenvalue weighted by atomic mass is 10.0. The Bertz CT molecular complexity index is 475. The molecular formula is C14H14ClIS. The second-order valence-electron chi connectivity index (χ2n) is 4.04. The number of hydrogen-bond donors (Lipinski definition) is 0. The molecule has 0 radical (unpaired) electrons. The number of thiophene rings is 1. The van der Waals surface area contributed by atoms with Crippen molar-refractivity contribution in [1.82, 2.24) is 0 Å². The van der Waals surface area contributed by atoms with E-state index >= 15 is 0 Å². The van der Waals surface area contributed by atoms with Crippen LogP contribution in [0.15, 0.2) is 35.7 Å². The van der Waals surface area contributed by atoms with Gasteiger partial charge in [-0.3, -0.25) is 0 Å². The smallest absolute Gasteiger partial charge is 0.0843 e. The third-order valence-electron chi connectivity index (χ3n) is 2.69. The van der Waals surface area contributed by atoms with Gasteiger partial charge in [-0.25, -0.2) is 0 Å². The van der Waals surface area contributed by atoms with Crippen molar-refractivity contribution in [2.75, 3.05) is 0 Å². The molecule has 1 unspecified atom stereocenters. The van der Waals surface area contributed by atoms with Crippen LogP contribution in [0.25, 0.3) is 0 Å². The molecule has 0 spiro atoms. The summed E-state index contributed by atoms with van der Waals surface area (Å²) in [5.74, 6) is 0. The molecule has 0 saturated heterocycles. The fourth-order valence-electron chi connectivity index (χ4n) is 1.79. The molecule has 1 aromatic carbocycles. The zero-order chi connectivity index (χ0) is 12.3. The van der Waals surface area contributed by atoms with E-state index in [0.717, 1.165) is 6.42 Å². The van der Waals surface area contributed by atoms with Crippen molar-refractivity contribution in [2.45, 2.75) is 25.1 Å². The largest absolute Gasteiger partial charge is 0.137 e. The molecule has 0 aliphatic heterocycles. The molecule has 0 fully saturated rings. The number of alkyl halides is 1. The Morgan fingerprint density at radius 2 is 1.94 bits per heavy atom. The number of benzene rings is 1. The third-order valence-corrected chi connectivity index (χ3v) is 5.00. The summed E-state index contributed by atoms with van der Waals surface area (Å²) in [4.78, 5) is 0. The van der Waals surface area contributed by atoms with E-state index in [2.05, 4.69) is 65.2 Å². The van der Waals surface area contributed by atoms with Crippen LogP contribution in [0.5, 0.6) is 0 Å². The van der Waals surface area contributed by atoms with Gasteiger partial charge in [0.25, 0.3) is 0 Å².